The zero-order chi connectivity index (χ0) is 19.0. The fourth-order valence-corrected chi connectivity index (χ4v) is 4.59. The van der Waals surface area contributed by atoms with E-state index in [1.165, 1.54) is 48.2 Å². The summed E-state index contributed by atoms with van der Waals surface area (Å²) in [5.41, 5.74) is -1.51. The van der Waals surface area contributed by atoms with Crippen molar-refractivity contribution >= 4 is 23.2 Å². The van der Waals surface area contributed by atoms with Crippen LogP contribution in [0.15, 0.2) is 36.4 Å². The maximum atomic E-state index is 14.5. The number of anilines is 2. The molecule has 4 rings (SSSR count). The van der Waals surface area contributed by atoms with E-state index in [4.69, 9.17) is 0 Å². The number of fused-ring (bicyclic) bond motifs is 2. The second kappa shape index (κ2) is 4.90. The summed E-state index contributed by atoms with van der Waals surface area (Å²) in [4.78, 5) is 29.0. The van der Waals surface area contributed by atoms with E-state index in [1.807, 2.05) is 0 Å². The molecule has 2 heterocycles. The van der Waals surface area contributed by atoms with Crippen LogP contribution >= 0.6 is 0 Å². The van der Waals surface area contributed by atoms with E-state index in [1.54, 1.807) is 26.0 Å². The summed E-state index contributed by atoms with van der Waals surface area (Å²) in [5, 5.41) is 0. The van der Waals surface area contributed by atoms with Gasteiger partial charge in [0, 0.05) is 14.1 Å². The SMILES string of the molecule is CN1C(=O)C(C)(C2(C)C(=O)N(C)c3c(F)cccc32)c2cccc(F)c21. The first-order valence-electron chi connectivity index (χ1n) is 8.31. The van der Waals surface area contributed by atoms with Gasteiger partial charge in [0.05, 0.1) is 22.2 Å². The molecule has 0 saturated carbocycles. The molecule has 0 aromatic heterocycles. The fourth-order valence-electron chi connectivity index (χ4n) is 4.59. The third-order valence-electron chi connectivity index (χ3n) is 6.19. The van der Waals surface area contributed by atoms with Crippen LogP contribution < -0.4 is 9.80 Å². The third-order valence-corrected chi connectivity index (χ3v) is 6.19. The topological polar surface area (TPSA) is 40.6 Å². The van der Waals surface area contributed by atoms with Crippen LogP contribution in [-0.4, -0.2) is 25.9 Å². The summed E-state index contributed by atoms with van der Waals surface area (Å²) in [6, 6.07) is 8.95. The normalized spacial score (nSPS) is 27.2. The van der Waals surface area contributed by atoms with Crippen molar-refractivity contribution in [3.05, 3.63) is 59.2 Å². The molecule has 0 aliphatic carbocycles. The Morgan fingerprint density at radius 1 is 0.731 bits per heavy atom. The number of rotatable bonds is 1. The number of likely N-dealkylation sites (N-methyl/N-ethyl adjacent to an activating group) is 2. The molecule has 4 nitrogen and oxygen atoms in total. The second-order valence-electron chi connectivity index (χ2n) is 7.25. The minimum atomic E-state index is -1.36. The maximum absolute atomic E-state index is 14.5. The molecule has 0 spiro atoms. The molecule has 134 valence electrons. The summed E-state index contributed by atoms with van der Waals surface area (Å²) in [5.74, 6) is -1.83. The van der Waals surface area contributed by atoms with E-state index in [0.29, 0.717) is 11.1 Å². The highest BCUT2D eigenvalue weighted by atomic mass is 19.1. The van der Waals surface area contributed by atoms with E-state index < -0.39 is 22.5 Å². The standard InChI is InChI=1S/C20H18F2N2O2/c1-19(11-7-5-9-13(21)15(11)23(3)17(19)25)20(2)12-8-6-10-14(22)16(12)24(4)18(20)26/h5-10H,1-4H3. The predicted octanol–water partition coefficient (Wildman–Crippen LogP) is 3.13. The number of hydrogen-bond acceptors (Lipinski definition) is 2. The molecule has 2 aromatic carbocycles. The Morgan fingerprint density at radius 2 is 1.08 bits per heavy atom. The lowest BCUT2D eigenvalue weighted by Crippen LogP contribution is -2.56. The molecule has 2 atom stereocenters. The van der Waals surface area contributed by atoms with Gasteiger partial charge in [-0.25, -0.2) is 8.78 Å². The van der Waals surface area contributed by atoms with Crippen LogP contribution in [0.2, 0.25) is 0 Å². The Hall–Kier alpha value is -2.76. The number of nitrogens with zero attached hydrogens (tertiary/aromatic N) is 2. The van der Waals surface area contributed by atoms with Crippen molar-refractivity contribution in [3.63, 3.8) is 0 Å². The molecule has 2 unspecified atom stereocenters. The molecule has 2 aliphatic rings. The van der Waals surface area contributed by atoms with Gasteiger partial charge in [-0.3, -0.25) is 9.59 Å². The number of halogens is 2. The first-order chi connectivity index (χ1) is 12.2. The average Bonchev–Trinajstić information content (AvgIpc) is 2.95. The highest BCUT2D eigenvalue weighted by Crippen LogP contribution is 2.58. The van der Waals surface area contributed by atoms with Crippen LogP contribution in [0, 0.1) is 11.6 Å². The molecular weight excluding hydrogens is 338 g/mol. The summed E-state index contributed by atoms with van der Waals surface area (Å²) < 4.78 is 28.9. The van der Waals surface area contributed by atoms with E-state index in [2.05, 4.69) is 0 Å². The number of amides is 2. The van der Waals surface area contributed by atoms with Crippen LogP contribution in [0.25, 0.3) is 0 Å². The molecule has 2 aromatic rings. The number of carbonyl (C=O) groups excluding carboxylic acids is 2. The minimum Gasteiger partial charge on any atom is -0.312 e. The van der Waals surface area contributed by atoms with Gasteiger partial charge in [-0.2, -0.15) is 0 Å². The lowest BCUT2D eigenvalue weighted by molar-refractivity contribution is -0.133. The Morgan fingerprint density at radius 3 is 1.42 bits per heavy atom. The molecule has 2 amide bonds. The molecule has 2 aliphatic heterocycles. The van der Waals surface area contributed by atoms with Gasteiger partial charge in [0.15, 0.2) is 0 Å². The van der Waals surface area contributed by atoms with E-state index in [-0.39, 0.29) is 23.2 Å². The molecule has 0 N–H and O–H groups in total. The number of hydrogen-bond donors (Lipinski definition) is 0. The molecule has 0 bridgehead atoms. The van der Waals surface area contributed by atoms with E-state index >= 15 is 0 Å². The van der Waals surface area contributed by atoms with E-state index in [0.717, 1.165) is 0 Å². The molecule has 0 saturated heterocycles. The Labute approximate surface area is 150 Å². The quantitative estimate of drug-likeness (QED) is 0.788. The summed E-state index contributed by atoms with van der Waals surface area (Å²) in [6.45, 7) is 3.28. The minimum absolute atomic E-state index is 0.168. The van der Waals surface area contributed by atoms with Gasteiger partial charge in [-0.1, -0.05) is 24.3 Å². The lowest BCUT2D eigenvalue weighted by atomic mass is 9.59. The zero-order valence-electron chi connectivity index (χ0n) is 14.9. The lowest BCUT2D eigenvalue weighted by Gasteiger charge is -2.39. The Kier molecular flexibility index (Phi) is 3.15. The first-order valence-corrected chi connectivity index (χ1v) is 8.31. The fraction of sp³-hybridized carbons (Fsp3) is 0.300. The third kappa shape index (κ3) is 1.58. The van der Waals surface area contributed by atoms with Gasteiger partial charge >= 0.3 is 0 Å². The van der Waals surface area contributed by atoms with Crippen molar-refractivity contribution in [3.8, 4) is 0 Å². The summed E-state index contributed by atoms with van der Waals surface area (Å²) >= 11 is 0. The van der Waals surface area contributed by atoms with Gasteiger partial charge < -0.3 is 9.80 Å². The molecule has 0 radical (unpaired) electrons. The van der Waals surface area contributed by atoms with Crippen LogP contribution in [0.5, 0.6) is 0 Å². The number of carbonyl (C=O) groups is 2. The van der Waals surface area contributed by atoms with Crippen LogP contribution in [0.3, 0.4) is 0 Å². The van der Waals surface area contributed by atoms with Gasteiger partial charge in [-0.05, 0) is 37.1 Å². The first kappa shape index (κ1) is 16.7. The largest absolute Gasteiger partial charge is 0.312 e. The van der Waals surface area contributed by atoms with Gasteiger partial charge in [0.2, 0.25) is 11.8 Å². The predicted molar refractivity (Wildman–Crippen MR) is 94.3 cm³/mol. The van der Waals surface area contributed by atoms with Crippen LogP contribution in [0.4, 0.5) is 20.2 Å². The van der Waals surface area contributed by atoms with E-state index in [9.17, 15) is 18.4 Å². The van der Waals surface area contributed by atoms with Crippen LogP contribution in [0.1, 0.15) is 25.0 Å². The van der Waals surface area contributed by atoms with Crippen molar-refractivity contribution in [2.45, 2.75) is 24.7 Å². The zero-order valence-corrected chi connectivity index (χ0v) is 14.9. The number of benzene rings is 2. The average molecular weight is 356 g/mol. The highest BCUT2D eigenvalue weighted by Gasteiger charge is 2.66. The summed E-state index contributed by atoms with van der Waals surface area (Å²) in [6.07, 6.45) is 0. The van der Waals surface area contributed by atoms with Crippen LogP contribution in [-0.2, 0) is 20.4 Å². The van der Waals surface area contributed by atoms with Crippen molar-refractivity contribution in [1.29, 1.82) is 0 Å². The summed E-state index contributed by atoms with van der Waals surface area (Å²) in [7, 11) is 2.99. The number of para-hydroxylation sites is 2. The van der Waals surface area contributed by atoms with Gasteiger partial charge in [-0.15, -0.1) is 0 Å². The monoisotopic (exact) mass is 356 g/mol. The van der Waals surface area contributed by atoms with Crippen molar-refractivity contribution in [1.82, 2.24) is 0 Å². The van der Waals surface area contributed by atoms with Crippen molar-refractivity contribution < 1.29 is 18.4 Å². The molecular formula is C20H18F2N2O2. The van der Waals surface area contributed by atoms with Crippen molar-refractivity contribution in [2.24, 2.45) is 0 Å². The van der Waals surface area contributed by atoms with Gasteiger partial charge in [0.25, 0.3) is 0 Å². The smallest absolute Gasteiger partial charge is 0.238 e. The molecule has 0 fully saturated rings. The van der Waals surface area contributed by atoms with Gasteiger partial charge in [0.1, 0.15) is 11.6 Å². The maximum Gasteiger partial charge on any atom is 0.238 e. The Bertz CT molecular complexity index is 910. The second-order valence-corrected chi connectivity index (χ2v) is 7.25. The molecule has 6 heteroatoms. The van der Waals surface area contributed by atoms with Crippen molar-refractivity contribution in [2.75, 3.05) is 23.9 Å². The Balaban J connectivity index is 2.08. The molecule has 26 heavy (non-hydrogen) atoms. The highest BCUT2D eigenvalue weighted by molar-refractivity contribution is 6.18.